The van der Waals surface area contributed by atoms with Crippen LogP contribution in [0.5, 0.6) is 0 Å². The van der Waals surface area contributed by atoms with Gasteiger partial charge in [0.2, 0.25) is 0 Å². The molecule has 1 aliphatic heterocycles. The van der Waals surface area contributed by atoms with Gasteiger partial charge in [0, 0.05) is 18.2 Å². The number of thioether (sulfide) groups is 1. The lowest BCUT2D eigenvalue weighted by Crippen LogP contribution is -2.26. The van der Waals surface area contributed by atoms with Crippen molar-refractivity contribution in [2.75, 3.05) is 10.7 Å². The maximum absolute atomic E-state index is 13.2. The highest BCUT2D eigenvalue weighted by molar-refractivity contribution is 8.03. The van der Waals surface area contributed by atoms with Gasteiger partial charge in [-0.3, -0.25) is 0 Å². The largest absolute Gasteiger partial charge is 0.416 e. The van der Waals surface area contributed by atoms with Crippen molar-refractivity contribution in [2.45, 2.75) is 32.5 Å². The zero-order valence-electron chi connectivity index (χ0n) is 14.5. The van der Waals surface area contributed by atoms with Gasteiger partial charge in [-0.1, -0.05) is 26.0 Å². The molecule has 2 aromatic carbocycles. The van der Waals surface area contributed by atoms with Crippen LogP contribution in [-0.4, -0.2) is 5.75 Å². The first-order valence-corrected chi connectivity index (χ1v) is 9.36. The SMILES string of the molecule is CCSC1=CC(C)c2cc(C(F)(F)F)ccc2N1Cc1ccc(F)cc1. The van der Waals surface area contributed by atoms with Crippen LogP contribution >= 0.6 is 11.8 Å². The molecule has 0 amide bonds. The van der Waals surface area contributed by atoms with E-state index in [2.05, 4.69) is 0 Å². The fourth-order valence-corrected chi connectivity index (χ4v) is 3.98. The molecule has 138 valence electrons. The van der Waals surface area contributed by atoms with Crippen LogP contribution in [0.3, 0.4) is 0 Å². The Morgan fingerprint density at radius 1 is 1.08 bits per heavy atom. The highest BCUT2D eigenvalue weighted by Crippen LogP contribution is 2.43. The number of alkyl halides is 3. The van der Waals surface area contributed by atoms with Crippen molar-refractivity contribution in [1.29, 1.82) is 0 Å². The Morgan fingerprint density at radius 2 is 1.77 bits per heavy atom. The maximum atomic E-state index is 13.2. The Labute approximate surface area is 154 Å². The molecule has 1 aliphatic rings. The minimum absolute atomic E-state index is 0.106. The van der Waals surface area contributed by atoms with Crippen LogP contribution in [0.4, 0.5) is 23.2 Å². The molecule has 1 heterocycles. The fraction of sp³-hybridized carbons (Fsp3) is 0.300. The fourth-order valence-electron chi connectivity index (χ4n) is 3.06. The van der Waals surface area contributed by atoms with Crippen LogP contribution in [0.2, 0.25) is 0 Å². The lowest BCUT2D eigenvalue weighted by molar-refractivity contribution is -0.137. The van der Waals surface area contributed by atoms with Gasteiger partial charge in [-0.25, -0.2) is 4.39 Å². The highest BCUT2D eigenvalue weighted by atomic mass is 32.2. The van der Waals surface area contributed by atoms with Crippen LogP contribution in [0.25, 0.3) is 0 Å². The summed E-state index contributed by atoms with van der Waals surface area (Å²) in [7, 11) is 0. The third-order valence-electron chi connectivity index (χ3n) is 4.34. The average molecular weight is 381 g/mol. The lowest BCUT2D eigenvalue weighted by Gasteiger charge is -2.35. The minimum atomic E-state index is -4.36. The van der Waals surface area contributed by atoms with E-state index in [0.717, 1.165) is 28.1 Å². The van der Waals surface area contributed by atoms with Crippen LogP contribution in [0.1, 0.15) is 36.5 Å². The molecule has 0 aliphatic carbocycles. The summed E-state index contributed by atoms with van der Waals surface area (Å²) >= 11 is 1.65. The predicted molar refractivity (Wildman–Crippen MR) is 98.7 cm³/mol. The number of rotatable bonds is 4. The number of anilines is 1. The molecule has 2 aromatic rings. The first kappa shape index (κ1) is 18.8. The lowest BCUT2D eigenvalue weighted by atomic mass is 9.93. The van der Waals surface area contributed by atoms with E-state index in [4.69, 9.17) is 0 Å². The van der Waals surface area contributed by atoms with Gasteiger partial charge in [0.15, 0.2) is 0 Å². The maximum Gasteiger partial charge on any atom is 0.416 e. The quantitative estimate of drug-likeness (QED) is 0.552. The number of nitrogens with zero attached hydrogens (tertiary/aromatic N) is 1. The van der Waals surface area contributed by atoms with Crippen molar-refractivity contribution in [3.05, 3.63) is 76.1 Å². The van der Waals surface area contributed by atoms with E-state index in [9.17, 15) is 17.6 Å². The molecule has 0 saturated carbocycles. The third-order valence-corrected chi connectivity index (χ3v) is 5.28. The number of allylic oxidation sites excluding steroid dienone is 1. The molecule has 0 radical (unpaired) electrons. The average Bonchev–Trinajstić information content (AvgIpc) is 2.59. The second-order valence-corrected chi connectivity index (χ2v) is 7.49. The summed E-state index contributed by atoms with van der Waals surface area (Å²) in [4.78, 5) is 2.01. The molecule has 26 heavy (non-hydrogen) atoms. The molecular formula is C20H19F4NS. The Hall–Kier alpha value is -1.95. The first-order chi connectivity index (χ1) is 12.3. The minimum Gasteiger partial charge on any atom is -0.332 e. The van der Waals surface area contributed by atoms with Crippen LogP contribution in [-0.2, 0) is 12.7 Å². The topological polar surface area (TPSA) is 3.24 Å². The third kappa shape index (κ3) is 3.90. The number of fused-ring (bicyclic) bond motifs is 1. The summed E-state index contributed by atoms with van der Waals surface area (Å²) in [6, 6.07) is 10.1. The van der Waals surface area contributed by atoms with Crippen LogP contribution in [0.15, 0.2) is 53.6 Å². The van der Waals surface area contributed by atoms with Gasteiger partial charge >= 0.3 is 6.18 Å². The molecule has 0 N–H and O–H groups in total. The first-order valence-electron chi connectivity index (χ1n) is 8.37. The summed E-state index contributed by atoms with van der Waals surface area (Å²) in [6.45, 7) is 4.42. The second kappa shape index (κ2) is 7.35. The van der Waals surface area contributed by atoms with Gasteiger partial charge in [-0.05, 0) is 53.3 Å². The molecule has 3 rings (SSSR count). The predicted octanol–water partition coefficient (Wildman–Crippen LogP) is 6.56. The van der Waals surface area contributed by atoms with E-state index >= 15 is 0 Å². The molecule has 0 spiro atoms. The van der Waals surface area contributed by atoms with E-state index in [1.54, 1.807) is 30.0 Å². The second-order valence-electron chi connectivity index (χ2n) is 6.21. The van der Waals surface area contributed by atoms with Gasteiger partial charge in [-0.2, -0.15) is 13.2 Å². The number of hydrogen-bond acceptors (Lipinski definition) is 2. The number of hydrogen-bond donors (Lipinski definition) is 0. The monoisotopic (exact) mass is 381 g/mol. The molecule has 1 atom stereocenters. The van der Waals surface area contributed by atoms with Crippen molar-refractivity contribution in [1.82, 2.24) is 0 Å². The summed E-state index contributed by atoms with van der Waals surface area (Å²) in [5.74, 6) is 0.440. The van der Waals surface area contributed by atoms with E-state index in [-0.39, 0.29) is 11.7 Å². The Bertz CT molecular complexity index is 812. The van der Waals surface area contributed by atoms with E-state index in [1.807, 2.05) is 24.8 Å². The van der Waals surface area contributed by atoms with Gasteiger partial charge in [-0.15, -0.1) is 11.8 Å². The van der Waals surface area contributed by atoms with Crippen molar-refractivity contribution >= 4 is 17.4 Å². The van der Waals surface area contributed by atoms with Crippen molar-refractivity contribution < 1.29 is 17.6 Å². The molecular weight excluding hydrogens is 362 g/mol. The zero-order chi connectivity index (χ0) is 18.9. The van der Waals surface area contributed by atoms with E-state index in [0.29, 0.717) is 12.1 Å². The Kier molecular flexibility index (Phi) is 5.32. The van der Waals surface area contributed by atoms with Gasteiger partial charge in [0.1, 0.15) is 5.82 Å². The summed E-state index contributed by atoms with van der Waals surface area (Å²) in [5, 5.41) is 1.01. The molecule has 1 unspecified atom stereocenters. The smallest absolute Gasteiger partial charge is 0.332 e. The molecule has 6 heteroatoms. The summed E-state index contributed by atoms with van der Waals surface area (Å²) in [6.07, 6.45) is -2.36. The molecule has 0 aromatic heterocycles. The van der Waals surface area contributed by atoms with Gasteiger partial charge in [0.25, 0.3) is 0 Å². The Balaban J connectivity index is 2.02. The molecule has 0 saturated heterocycles. The van der Waals surface area contributed by atoms with Crippen molar-refractivity contribution in [3.63, 3.8) is 0 Å². The zero-order valence-corrected chi connectivity index (χ0v) is 15.3. The van der Waals surface area contributed by atoms with Crippen LogP contribution < -0.4 is 4.90 Å². The number of benzene rings is 2. The molecule has 0 bridgehead atoms. The van der Waals surface area contributed by atoms with Crippen molar-refractivity contribution in [3.8, 4) is 0 Å². The highest BCUT2D eigenvalue weighted by Gasteiger charge is 2.33. The molecule has 0 fully saturated rings. The molecule has 1 nitrogen and oxygen atoms in total. The Morgan fingerprint density at radius 3 is 2.38 bits per heavy atom. The van der Waals surface area contributed by atoms with Gasteiger partial charge < -0.3 is 4.90 Å². The number of halogens is 4. The standard InChI is InChI=1S/C20H19F4NS/c1-3-26-19-10-13(2)17-11-15(20(22,23)24)6-9-18(17)25(19)12-14-4-7-16(21)8-5-14/h4-11,13H,3,12H2,1-2H3. The van der Waals surface area contributed by atoms with Gasteiger partial charge in [0.05, 0.1) is 10.6 Å². The van der Waals surface area contributed by atoms with E-state index < -0.39 is 11.7 Å². The van der Waals surface area contributed by atoms with Crippen molar-refractivity contribution in [2.24, 2.45) is 0 Å². The van der Waals surface area contributed by atoms with E-state index in [1.165, 1.54) is 18.2 Å². The summed E-state index contributed by atoms with van der Waals surface area (Å²) in [5.41, 5.74) is 1.69. The van der Waals surface area contributed by atoms with Crippen LogP contribution in [0, 0.1) is 5.82 Å². The summed E-state index contributed by atoms with van der Waals surface area (Å²) < 4.78 is 52.5. The normalized spacial score (nSPS) is 17.1.